The van der Waals surface area contributed by atoms with Gasteiger partial charge in [0, 0.05) is 6.42 Å². The fourth-order valence-electron chi connectivity index (χ4n) is 2.76. The summed E-state index contributed by atoms with van der Waals surface area (Å²) in [7, 11) is 0. The lowest BCUT2D eigenvalue weighted by atomic mass is 9.97. The molecule has 4 nitrogen and oxygen atoms in total. The highest BCUT2D eigenvalue weighted by atomic mass is 16.6. The average Bonchev–Trinajstić information content (AvgIpc) is 2.45. The Kier molecular flexibility index (Phi) is 3.78. The van der Waals surface area contributed by atoms with Gasteiger partial charge in [-0.3, -0.25) is 4.79 Å². The molecule has 1 N–H and O–H groups in total. The van der Waals surface area contributed by atoms with Crippen molar-refractivity contribution in [2.45, 2.75) is 57.8 Å². The van der Waals surface area contributed by atoms with Gasteiger partial charge in [0.2, 0.25) is 0 Å². The summed E-state index contributed by atoms with van der Waals surface area (Å²) in [5.74, 6) is -0.143. The average molecular weight is 278 g/mol. The Balaban J connectivity index is 2.12. The molecular formula is C16H22O4. The zero-order valence-corrected chi connectivity index (χ0v) is 12.5. The molecule has 1 fully saturated rings. The topological polar surface area (TPSA) is 55.8 Å². The lowest BCUT2D eigenvalue weighted by Crippen LogP contribution is -2.36. The molecule has 0 radical (unpaired) electrons. The van der Waals surface area contributed by atoms with Gasteiger partial charge in [-0.25, -0.2) is 0 Å². The highest BCUT2D eigenvalue weighted by Crippen LogP contribution is 2.39. The van der Waals surface area contributed by atoms with Crippen LogP contribution >= 0.6 is 0 Å². The quantitative estimate of drug-likeness (QED) is 0.919. The molecule has 1 aromatic rings. The van der Waals surface area contributed by atoms with Crippen molar-refractivity contribution in [1.82, 2.24) is 0 Å². The summed E-state index contributed by atoms with van der Waals surface area (Å²) >= 11 is 0. The number of ether oxygens (including phenoxy) is 2. The van der Waals surface area contributed by atoms with Gasteiger partial charge in [-0.2, -0.15) is 0 Å². The highest BCUT2D eigenvalue weighted by Gasteiger charge is 2.47. The molecule has 1 heterocycles. The van der Waals surface area contributed by atoms with Crippen molar-refractivity contribution in [3.05, 3.63) is 29.8 Å². The molecule has 0 aromatic heterocycles. The number of aliphatic carboxylic acids is 1. The van der Waals surface area contributed by atoms with Crippen LogP contribution in [0.15, 0.2) is 24.3 Å². The van der Waals surface area contributed by atoms with E-state index in [-0.39, 0.29) is 23.7 Å². The number of rotatable bonds is 4. The predicted molar refractivity (Wildman–Crippen MR) is 76.1 cm³/mol. The van der Waals surface area contributed by atoms with Gasteiger partial charge in [0.05, 0.1) is 12.0 Å². The molecule has 110 valence electrons. The monoisotopic (exact) mass is 278 g/mol. The van der Waals surface area contributed by atoms with Gasteiger partial charge >= 0.3 is 5.97 Å². The van der Waals surface area contributed by atoms with E-state index in [0.717, 1.165) is 12.0 Å². The minimum atomic E-state index is -0.840. The SMILES string of the molecule is CC1(C)CC(Oc2cccc(CC(=O)O)c2)C(C)(C)O1. The maximum atomic E-state index is 10.8. The third-order valence-electron chi connectivity index (χ3n) is 3.52. The molecule has 0 saturated carbocycles. The van der Waals surface area contributed by atoms with Crippen LogP contribution in [-0.2, 0) is 16.0 Å². The standard InChI is InChI=1S/C16H22O4/c1-15(2)10-13(16(3,4)20-15)19-12-7-5-6-11(8-12)9-14(17)18/h5-8,13H,9-10H2,1-4H3,(H,17,18). The van der Waals surface area contributed by atoms with Gasteiger partial charge in [0.1, 0.15) is 17.5 Å². The summed E-state index contributed by atoms with van der Waals surface area (Å²) < 4.78 is 12.0. The van der Waals surface area contributed by atoms with E-state index in [2.05, 4.69) is 13.8 Å². The van der Waals surface area contributed by atoms with Crippen molar-refractivity contribution in [2.75, 3.05) is 0 Å². The molecule has 1 saturated heterocycles. The van der Waals surface area contributed by atoms with Gasteiger partial charge in [-0.1, -0.05) is 12.1 Å². The van der Waals surface area contributed by atoms with Crippen LogP contribution in [0.25, 0.3) is 0 Å². The minimum absolute atomic E-state index is 0.00720. The second-order valence-corrected chi connectivity index (χ2v) is 6.49. The van der Waals surface area contributed by atoms with Crippen molar-refractivity contribution in [1.29, 1.82) is 0 Å². The lowest BCUT2D eigenvalue weighted by Gasteiger charge is -2.27. The van der Waals surface area contributed by atoms with Crippen LogP contribution in [0.1, 0.15) is 39.7 Å². The molecule has 0 aliphatic carbocycles. The number of benzene rings is 1. The second kappa shape index (κ2) is 5.09. The van der Waals surface area contributed by atoms with E-state index in [1.807, 2.05) is 26.0 Å². The van der Waals surface area contributed by atoms with Crippen LogP contribution in [0.3, 0.4) is 0 Å². The Morgan fingerprint density at radius 2 is 2.10 bits per heavy atom. The largest absolute Gasteiger partial charge is 0.487 e. The molecular weight excluding hydrogens is 256 g/mol. The Labute approximate surface area is 119 Å². The van der Waals surface area contributed by atoms with Crippen LogP contribution in [0, 0.1) is 0 Å². The molecule has 1 unspecified atom stereocenters. The number of carboxylic acids is 1. The Bertz CT molecular complexity index is 505. The van der Waals surface area contributed by atoms with Crippen molar-refractivity contribution in [3.63, 3.8) is 0 Å². The fraction of sp³-hybridized carbons (Fsp3) is 0.562. The van der Waals surface area contributed by atoms with Crippen LogP contribution in [0.5, 0.6) is 5.75 Å². The number of carbonyl (C=O) groups is 1. The van der Waals surface area contributed by atoms with Gasteiger partial charge in [0.15, 0.2) is 0 Å². The van der Waals surface area contributed by atoms with E-state index >= 15 is 0 Å². The van der Waals surface area contributed by atoms with E-state index < -0.39 is 5.97 Å². The number of hydrogen-bond acceptors (Lipinski definition) is 3. The van der Waals surface area contributed by atoms with Gasteiger partial charge < -0.3 is 14.6 Å². The first-order valence-corrected chi connectivity index (χ1v) is 6.85. The first-order chi connectivity index (χ1) is 9.18. The molecule has 0 amide bonds. The molecule has 1 aromatic carbocycles. The summed E-state index contributed by atoms with van der Waals surface area (Å²) in [6, 6.07) is 7.25. The Morgan fingerprint density at radius 1 is 1.40 bits per heavy atom. The van der Waals surface area contributed by atoms with E-state index in [1.165, 1.54) is 0 Å². The maximum Gasteiger partial charge on any atom is 0.307 e. The number of hydrogen-bond donors (Lipinski definition) is 1. The molecule has 1 aliphatic rings. The first-order valence-electron chi connectivity index (χ1n) is 6.85. The van der Waals surface area contributed by atoms with Gasteiger partial charge in [0.25, 0.3) is 0 Å². The van der Waals surface area contributed by atoms with Crippen molar-refractivity contribution < 1.29 is 19.4 Å². The summed E-state index contributed by atoms with van der Waals surface area (Å²) in [6.45, 7) is 8.15. The van der Waals surface area contributed by atoms with Crippen LogP contribution < -0.4 is 4.74 Å². The third kappa shape index (κ3) is 3.51. The second-order valence-electron chi connectivity index (χ2n) is 6.49. The van der Waals surface area contributed by atoms with Crippen LogP contribution in [0.4, 0.5) is 0 Å². The molecule has 0 bridgehead atoms. The summed E-state index contributed by atoms with van der Waals surface area (Å²) in [4.78, 5) is 10.8. The Hall–Kier alpha value is -1.55. The summed E-state index contributed by atoms with van der Waals surface area (Å²) in [6.07, 6.45) is 0.772. The van der Waals surface area contributed by atoms with E-state index in [9.17, 15) is 4.79 Å². The minimum Gasteiger partial charge on any atom is -0.487 e. The van der Waals surface area contributed by atoms with Crippen molar-refractivity contribution in [3.8, 4) is 5.75 Å². The fourth-order valence-corrected chi connectivity index (χ4v) is 2.76. The smallest absolute Gasteiger partial charge is 0.307 e. The van der Waals surface area contributed by atoms with Crippen molar-refractivity contribution >= 4 is 5.97 Å². The molecule has 4 heteroatoms. The number of carboxylic acid groups (broad SMARTS) is 1. The lowest BCUT2D eigenvalue weighted by molar-refractivity contribution is -0.136. The molecule has 20 heavy (non-hydrogen) atoms. The highest BCUT2D eigenvalue weighted by molar-refractivity contribution is 5.70. The normalized spacial score (nSPS) is 23.5. The maximum absolute atomic E-state index is 10.8. The zero-order chi connectivity index (χ0) is 15.0. The summed E-state index contributed by atoms with van der Waals surface area (Å²) in [5, 5.41) is 8.83. The molecule has 1 atom stereocenters. The van der Waals surface area contributed by atoms with Gasteiger partial charge in [-0.05, 0) is 45.4 Å². The van der Waals surface area contributed by atoms with Crippen LogP contribution in [0.2, 0.25) is 0 Å². The summed E-state index contributed by atoms with van der Waals surface area (Å²) in [5.41, 5.74) is 0.185. The predicted octanol–water partition coefficient (Wildman–Crippen LogP) is 3.04. The molecule has 0 spiro atoms. The zero-order valence-electron chi connectivity index (χ0n) is 12.5. The molecule has 1 aliphatic heterocycles. The van der Waals surface area contributed by atoms with E-state index in [4.69, 9.17) is 14.6 Å². The van der Waals surface area contributed by atoms with Gasteiger partial charge in [-0.15, -0.1) is 0 Å². The van der Waals surface area contributed by atoms with E-state index in [1.54, 1.807) is 12.1 Å². The van der Waals surface area contributed by atoms with E-state index in [0.29, 0.717) is 5.75 Å². The van der Waals surface area contributed by atoms with Crippen LogP contribution in [-0.4, -0.2) is 28.4 Å². The molecule has 2 rings (SSSR count). The van der Waals surface area contributed by atoms with Crippen molar-refractivity contribution in [2.24, 2.45) is 0 Å². The first kappa shape index (κ1) is 14.9. The Morgan fingerprint density at radius 3 is 2.65 bits per heavy atom. The third-order valence-corrected chi connectivity index (χ3v) is 3.52.